The number of nitrogens with zero attached hydrogens (tertiary/aromatic N) is 4. The molecule has 2 unspecified atom stereocenters. The lowest BCUT2D eigenvalue weighted by molar-refractivity contribution is -0.135. The van der Waals surface area contributed by atoms with E-state index in [1.54, 1.807) is 25.4 Å². The zero-order chi connectivity index (χ0) is 26.8. The number of hydrogen-bond acceptors (Lipinski definition) is 6. The van der Waals surface area contributed by atoms with Gasteiger partial charge in [-0.25, -0.2) is 9.37 Å². The van der Waals surface area contributed by atoms with Gasteiger partial charge in [0.1, 0.15) is 11.9 Å². The van der Waals surface area contributed by atoms with E-state index in [1.807, 2.05) is 15.8 Å². The number of benzene rings is 1. The summed E-state index contributed by atoms with van der Waals surface area (Å²) in [5.41, 5.74) is 8.06. The monoisotopic (exact) mass is 560 g/mol. The lowest BCUT2D eigenvalue weighted by atomic mass is 10.0. The number of likely N-dealkylation sites (tertiary alicyclic amines) is 1. The average Bonchev–Trinajstić information content (AvgIpc) is 3.43. The number of carbonyl (C=O) groups is 1. The molecule has 0 spiro atoms. The molecular weight excluding hydrogens is 530 g/mol. The smallest absolute Gasteiger partial charge is 0.239 e. The number of carbonyl (C=O) groups excluding carboxylic acids is 1. The van der Waals surface area contributed by atoms with Gasteiger partial charge in [-0.05, 0) is 57.4 Å². The molecule has 2 aromatic heterocycles. The summed E-state index contributed by atoms with van der Waals surface area (Å²) in [4.78, 5) is 19.1. The van der Waals surface area contributed by atoms with Crippen LogP contribution in [-0.2, 0) is 4.79 Å². The number of rotatable bonds is 6. The highest BCUT2D eigenvalue weighted by molar-refractivity contribution is 6.36. The zero-order valence-corrected chi connectivity index (χ0v) is 22.7. The molecule has 38 heavy (non-hydrogen) atoms. The van der Waals surface area contributed by atoms with Gasteiger partial charge < -0.3 is 20.7 Å². The summed E-state index contributed by atoms with van der Waals surface area (Å²) in [5, 5.41) is 8.16. The van der Waals surface area contributed by atoms with E-state index in [-0.39, 0.29) is 28.8 Å². The first-order chi connectivity index (χ1) is 18.3. The minimum Gasteiger partial charge on any atom is -0.482 e. The number of ether oxygens (including phenoxy) is 1. The maximum Gasteiger partial charge on any atom is 0.239 e. The van der Waals surface area contributed by atoms with Crippen LogP contribution < -0.4 is 15.8 Å². The van der Waals surface area contributed by atoms with Crippen LogP contribution in [0.4, 0.5) is 10.2 Å². The summed E-state index contributed by atoms with van der Waals surface area (Å²) >= 11 is 12.4. The minimum absolute atomic E-state index is 0.0401. The van der Waals surface area contributed by atoms with Gasteiger partial charge in [-0.1, -0.05) is 29.6 Å². The Bertz CT molecular complexity index is 1300. The Morgan fingerprint density at radius 1 is 1.18 bits per heavy atom. The largest absolute Gasteiger partial charge is 0.482 e. The number of pyridine rings is 1. The molecule has 2 aliphatic rings. The van der Waals surface area contributed by atoms with Crippen molar-refractivity contribution in [2.45, 2.75) is 57.2 Å². The molecule has 0 aliphatic carbocycles. The highest BCUT2D eigenvalue weighted by Gasteiger charge is 2.30. The molecule has 3 aromatic rings. The molecule has 0 saturated carbocycles. The van der Waals surface area contributed by atoms with Crippen molar-refractivity contribution in [3.05, 3.63) is 58.2 Å². The van der Waals surface area contributed by atoms with Crippen molar-refractivity contribution in [1.29, 1.82) is 0 Å². The van der Waals surface area contributed by atoms with Gasteiger partial charge >= 0.3 is 0 Å². The second-order valence-electron chi connectivity index (χ2n) is 9.89. The molecule has 3 N–H and O–H groups in total. The van der Waals surface area contributed by atoms with E-state index in [4.69, 9.17) is 33.7 Å². The summed E-state index contributed by atoms with van der Waals surface area (Å²) in [5.74, 6) is 0.179. The van der Waals surface area contributed by atoms with Gasteiger partial charge in [-0.15, -0.1) is 0 Å². The van der Waals surface area contributed by atoms with Crippen molar-refractivity contribution in [3.8, 4) is 16.9 Å². The standard InChI is InChI=1S/C27H31Cl2FN6O2/c1-16(24-20(28)5-6-21(30)25(24)29)38-23-12-17(13-33-26(23)31)18-14-34-36(15-18)19-7-10-35(11-8-19)27(37)22-4-2-3-9-32-22/h5-6,12-16,19,22,32H,2-4,7-11H2,1H3,(H2,31,33). The third-order valence-corrected chi connectivity index (χ3v) is 8.08. The highest BCUT2D eigenvalue weighted by atomic mass is 35.5. The van der Waals surface area contributed by atoms with E-state index in [0.717, 1.165) is 62.9 Å². The number of hydrogen-bond donors (Lipinski definition) is 2. The van der Waals surface area contributed by atoms with Gasteiger partial charge in [0, 0.05) is 47.2 Å². The lowest BCUT2D eigenvalue weighted by Gasteiger charge is -2.35. The van der Waals surface area contributed by atoms with E-state index in [1.165, 1.54) is 12.1 Å². The molecule has 0 radical (unpaired) electrons. The third-order valence-electron chi connectivity index (χ3n) is 7.37. The van der Waals surface area contributed by atoms with E-state index in [9.17, 15) is 9.18 Å². The normalized spacial score (nSPS) is 19.4. The summed E-state index contributed by atoms with van der Waals surface area (Å²) in [6.45, 7) is 4.09. The Labute approximate surface area is 231 Å². The molecule has 2 atom stereocenters. The summed E-state index contributed by atoms with van der Waals surface area (Å²) in [6.07, 6.45) is 9.62. The molecule has 1 aromatic carbocycles. The number of amides is 1. The quantitative estimate of drug-likeness (QED) is 0.390. The summed E-state index contributed by atoms with van der Waals surface area (Å²) < 4.78 is 22.0. The lowest BCUT2D eigenvalue weighted by Crippen LogP contribution is -2.50. The average molecular weight is 561 g/mol. The van der Waals surface area contributed by atoms with Crippen molar-refractivity contribution < 1.29 is 13.9 Å². The molecular formula is C27H31Cl2FN6O2. The maximum atomic E-state index is 14.0. The fourth-order valence-corrected chi connectivity index (χ4v) is 5.87. The molecule has 4 heterocycles. The van der Waals surface area contributed by atoms with Crippen molar-refractivity contribution in [2.75, 3.05) is 25.4 Å². The second kappa shape index (κ2) is 11.5. The predicted octanol–water partition coefficient (Wildman–Crippen LogP) is 5.42. The van der Waals surface area contributed by atoms with Crippen molar-refractivity contribution in [1.82, 2.24) is 25.0 Å². The van der Waals surface area contributed by atoms with Gasteiger partial charge in [0.2, 0.25) is 5.91 Å². The molecule has 2 saturated heterocycles. The molecule has 11 heteroatoms. The fraction of sp³-hybridized carbons (Fsp3) is 0.444. The summed E-state index contributed by atoms with van der Waals surface area (Å²) in [7, 11) is 0. The molecule has 0 bridgehead atoms. The molecule has 2 fully saturated rings. The first kappa shape index (κ1) is 26.7. The van der Waals surface area contributed by atoms with Gasteiger partial charge in [-0.2, -0.15) is 5.10 Å². The first-order valence-electron chi connectivity index (χ1n) is 12.9. The Kier molecular flexibility index (Phi) is 8.07. The predicted molar refractivity (Wildman–Crippen MR) is 146 cm³/mol. The van der Waals surface area contributed by atoms with Crippen LogP contribution in [0.5, 0.6) is 5.75 Å². The molecule has 5 rings (SSSR count). The minimum atomic E-state index is -0.663. The number of piperidine rings is 2. The van der Waals surface area contributed by atoms with Crippen LogP contribution in [-0.4, -0.2) is 51.2 Å². The number of anilines is 1. The van der Waals surface area contributed by atoms with Gasteiger partial charge in [0.05, 0.1) is 23.3 Å². The number of nitrogens with one attached hydrogen (secondary N) is 1. The van der Waals surface area contributed by atoms with E-state index >= 15 is 0 Å². The Morgan fingerprint density at radius 2 is 1.97 bits per heavy atom. The molecule has 1 amide bonds. The topological polar surface area (TPSA) is 98.3 Å². The number of nitrogen functional groups attached to an aromatic ring is 1. The maximum absolute atomic E-state index is 14.0. The van der Waals surface area contributed by atoms with Crippen LogP contribution in [0.1, 0.15) is 56.7 Å². The number of nitrogens with two attached hydrogens (primary N) is 1. The van der Waals surface area contributed by atoms with Crippen molar-refractivity contribution in [2.24, 2.45) is 0 Å². The van der Waals surface area contributed by atoms with E-state index in [0.29, 0.717) is 16.3 Å². The van der Waals surface area contributed by atoms with Crippen molar-refractivity contribution >= 4 is 34.9 Å². The van der Waals surface area contributed by atoms with E-state index in [2.05, 4.69) is 15.4 Å². The molecule has 202 valence electrons. The van der Waals surface area contributed by atoms with E-state index < -0.39 is 11.9 Å². The SMILES string of the molecule is CC(Oc1cc(-c2cnn(C3CCN(C(=O)C4CCCCN4)CC3)c2)cnc1N)c1c(Cl)ccc(F)c1Cl. The first-order valence-corrected chi connectivity index (χ1v) is 13.7. The van der Waals surface area contributed by atoms with Gasteiger partial charge in [0.15, 0.2) is 11.6 Å². The Balaban J connectivity index is 1.26. The Hall–Kier alpha value is -2.88. The van der Waals surface area contributed by atoms with Crippen LogP contribution >= 0.6 is 23.2 Å². The Morgan fingerprint density at radius 3 is 2.71 bits per heavy atom. The van der Waals surface area contributed by atoms with Crippen LogP contribution in [0, 0.1) is 5.82 Å². The van der Waals surface area contributed by atoms with Crippen molar-refractivity contribution in [3.63, 3.8) is 0 Å². The van der Waals surface area contributed by atoms with Crippen LogP contribution in [0.25, 0.3) is 11.1 Å². The van der Waals surface area contributed by atoms with Crippen LogP contribution in [0.2, 0.25) is 10.0 Å². The molecule has 2 aliphatic heterocycles. The number of aromatic nitrogens is 3. The fourth-order valence-electron chi connectivity index (χ4n) is 5.19. The summed E-state index contributed by atoms with van der Waals surface area (Å²) in [6, 6.07) is 4.60. The van der Waals surface area contributed by atoms with Gasteiger partial charge in [-0.3, -0.25) is 9.48 Å². The highest BCUT2D eigenvalue weighted by Crippen LogP contribution is 2.37. The van der Waals surface area contributed by atoms with Crippen LogP contribution in [0.3, 0.4) is 0 Å². The van der Waals surface area contributed by atoms with Crippen LogP contribution in [0.15, 0.2) is 36.8 Å². The number of halogens is 3. The van der Waals surface area contributed by atoms with Gasteiger partial charge in [0.25, 0.3) is 0 Å². The molecule has 8 nitrogen and oxygen atoms in total. The third kappa shape index (κ3) is 5.60. The zero-order valence-electron chi connectivity index (χ0n) is 21.2. The second-order valence-corrected chi connectivity index (χ2v) is 10.7.